The number of benzene rings is 1. The lowest BCUT2D eigenvalue weighted by atomic mass is 10.2. The minimum atomic E-state index is 0.0861. The highest BCUT2D eigenvalue weighted by molar-refractivity contribution is 7.99. The number of methoxy groups -OCH3 is 2. The average Bonchev–Trinajstić information content (AvgIpc) is 2.64. The van der Waals surface area contributed by atoms with Crippen molar-refractivity contribution in [1.82, 2.24) is 9.88 Å². The summed E-state index contributed by atoms with van der Waals surface area (Å²) in [7, 11) is 3.21. The molecular weight excluding hydrogens is 324 g/mol. The van der Waals surface area contributed by atoms with Gasteiger partial charge in [-0.25, -0.2) is 4.98 Å². The molecule has 0 atom stereocenters. The number of carbonyl (C=O) groups excluding carboxylic acids is 1. The number of hydrogen-bond acceptors (Lipinski definition) is 5. The van der Waals surface area contributed by atoms with E-state index in [1.54, 1.807) is 20.4 Å². The van der Waals surface area contributed by atoms with E-state index >= 15 is 0 Å². The lowest BCUT2D eigenvalue weighted by Crippen LogP contribution is -2.31. The minimum Gasteiger partial charge on any atom is -0.493 e. The van der Waals surface area contributed by atoms with Gasteiger partial charge >= 0.3 is 0 Å². The molecule has 0 saturated heterocycles. The Balaban J connectivity index is 1.99. The first-order valence-corrected chi connectivity index (χ1v) is 8.69. The molecule has 1 amide bonds. The molecular formula is C18H22N2O3S. The van der Waals surface area contributed by atoms with Crippen LogP contribution >= 0.6 is 11.8 Å². The molecule has 0 fully saturated rings. The summed E-state index contributed by atoms with van der Waals surface area (Å²) in [6, 6.07) is 11.4. The van der Waals surface area contributed by atoms with Gasteiger partial charge in [0, 0.05) is 19.3 Å². The molecule has 1 heterocycles. The monoisotopic (exact) mass is 346 g/mol. The largest absolute Gasteiger partial charge is 0.493 e. The zero-order valence-electron chi connectivity index (χ0n) is 14.2. The smallest absolute Gasteiger partial charge is 0.233 e. The second-order valence-electron chi connectivity index (χ2n) is 5.05. The fourth-order valence-electron chi connectivity index (χ4n) is 2.24. The SMILES string of the molecule is CCN(Cc1ccc(OC)c(OC)c1)C(=O)CSc1ccccn1. The van der Waals surface area contributed by atoms with Crippen molar-refractivity contribution in [3.63, 3.8) is 0 Å². The van der Waals surface area contributed by atoms with Gasteiger partial charge in [0.25, 0.3) is 0 Å². The maximum Gasteiger partial charge on any atom is 0.233 e. The van der Waals surface area contributed by atoms with Crippen LogP contribution in [0.15, 0.2) is 47.6 Å². The van der Waals surface area contributed by atoms with Gasteiger partial charge < -0.3 is 14.4 Å². The van der Waals surface area contributed by atoms with Gasteiger partial charge in [-0.15, -0.1) is 0 Å². The maximum absolute atomic E-state index is 12.5. The molecule has 24 heavy (non-hydrogen) atoms. The molecule has 0 aliphatic rings. The predicted octanol–water partition coefficient (Wildman–Crippen LogP) is 3.24. The average molecular weight is 346 g/mol. The molecule has 0 unspecified atom stereocenters. The van der Waals surface area contributed by atoms with Gasteiger partial charge in [-0.3, -0.25) is 4.79 Å². The highest BCUT2D eigenvalue weighted by atomic mass is 32.2. The van der Waals surface area contributed by atoms with Crippen molar-refractivity contribution < 1.29 is 14.3 Å². The first kappa shape index (κ1) is 18.1. The zero-order chi connectivity index (χ0) is 17.4. The predicted molar refractivity (Wildman–Crippen MR) is 95.6 cm³/mol. The summed E-state index contributed by atoms with van der Waals surface area (Å²) in [5.41, 5.74) is 1.01. The van der Waals surface area contributed by atoms with Crippen LogP contribution in [0.25, 0.3) is 0 Å². The van der Waals surface area contributed by atoms with Crippen molar-refractivity contribution in [2.75, 3.05) is 26.5 Å². The van der Waals surface area contributed by atoms with Crippen LogP contribution in [0, 0.1) is 0 Å². The van der Waals surface area contributed by atoms with E-state index in [2.05, 4.69) is 4.98 Å². The van der Waals surface area contributed by atoms with Crippen molar-refractivity contribution in [1.29, 1.82) is 0 Å². The van der Waals surface area contributed by atoms with E-state index in [0.717, 1.165) is 10.6 Å². The lowest BCUT2D eigenvalue weighted by Gasteiger charge is -2.21. The highest BCUT2D eigenvalue weighted by Gasteiger charge is 2.14. The molecule has 0 N–H and O–H groups in total. The molecule has 0 bridgehead atoms. The topological polar surface area (TPSA) is 51.7 Å². The molecule has 0 aliphatic carbocycles. The standard InChI is InChI=1S/C18H22N2O3S/c1-4-20(18(21)13-24-17-7-5-6-10-19-17)12-14-8-9-15(22-2)16(11-14)23-3/h5-11H,4,12-13H2,1-3H3. The number of hydrogen-bond donors (Lipinski definition) is 0. The van der Waals surface area contributed by atoms with Gasteiger partial charge in [-0.05, 0) is 36.8 Å². The number of aromatic nitrogens is 1. The highest BCUT2D eigenvalue weighted by Crippen LogP contribution is 2.28. The van der Waals surface area contributed by atoms with E-state index in [1.807, 2.05) is 48.2 Å². The van der Waals surface area contributed by atoms with Gasteiger partial charge in [0.15, 0.2) is 11.5 Å². The molecule has 6 heteroatoms. The van der Waals surface area contributed by atoms with Gasteiger partial charge in [0.1, 0.15) is 0 Å². The normalized spacial score (nSPS) is 10.3. The molecule has 2 aromatic rings. The fourth-order valence-corrected chi connectivity index (χ4v) is 3.00. The number of amides is 1. The Labute approximate surface area is 147 Å². The third-order valence-electron chi connectivity index (χ3n) is 3.54. The molecule has 0 spiro atoms. The fraction of sp³-hybridized carbons (Fsp3) is 0.333. The molecule has 5 nitrogen and oxygen atoms in total. The summed E-state index contributed by atoms with van der Waals surface area (Å²) in [6.07, 6.45) is 1.73. The number of thioether (sulfide) groups is 1. The van der Waals surface area contributed by atoms with Crippen molar-refractivity contribution in [3.8, 4) is 11.5 Å². The molecule has 0 saturated carbocycles. The first-order valence-electron chi connectivity index (χ1n) is 7.70. The van der Waals surface area contributed by atoms with Crippen LogP contribution in [0.2, 0.25) is 0 Å². The Kier molecular flexibility index (Phi) is 6.93. The number of ether oxygens (including phenoxy) is 2. The third kappa shape index (κ3) is 4.89. The van der Waals surface area contributed by atoms with E-state index in [0.29, 0.717) is 30.3 Å². The summed E-state index contributed by atoms with van der Waals surface area (Å²) in [6.45, 7) is 3.17. The number of nitrogens with zero attached hydrogens (tertiary/aromatic N) is 2. The van der Waals surface area contributed by atoms with Gasteiger partial charge in [0.2, 0.25) is 5.91 Å². The van der Waals surface area contributed by atoms with Crippen LogP contribution in [0.5, 0.6) is 11.5 Å². The number of pyridine rings is 1. The summed E-state index contributed by atoms with van der Waals surface area (Å²) < 4.78 is 10.6. The Morgan fingerprint density at radius 2 is 1.96 bits per heavy atom. The Bertz CT molecular complexity index is 665. The molecule has 2 rings (SSSR count). The van der Waals surface area contributed by atoms with Crippen LogP contribution in [-0.2, 0) is 11.3 Å². The Morgan fingerprint density at radius 3 is 2.58 bits per heavy atom. The van der Waals surface area contributed by atoms with Crippen LogP contribution in [0.4, 0.5) is 0 Å². The first-order chi connectivity index (χ1) is 11.7. The van der Waals surface area contributed by atoms with Gasteiger partial charge in [-0.2, -0.15) is 0 Å². The second-order valence-corrected chi connectivity index (χ2v) is 6.05. The summed E-state index contributed by atoms with van der Waals surface area (Å²) in [4.78, 5) is 18.5. The Morgan fingerprint density at radius 1 is 1.17 bits per heavy atom. The van der Waals surface area contributed by atoms with E-state index in [-0.39, 0.29) is 5.91 Å². The van der Waals surface area contributed by atoms with Crippen LogP contribution in [-0.4, -0.2) is 42.3 Å². The van der Waals surface area contributed by atoms with Crippen molar-refractivity contribution >= 4 is 17.7 Å². The third-order valence-corrected chi connectivity index (χ3v) is 4.47. The second kappa shape index (κ2) is 9.17. The Hall–Kier alpha value is -2.21. The molecule has 128 valence electrons. The van der Waals surface area contributed by atoms with Gasteiger partial charge in [-0.1, -0.05) is 23.9 Å². The van der Waals surface area contributed by atoms with Crippen molar-refractivity contribution in [2.24, 2.45) is 0 Å². The van der Waals surface area contributed by atoms with Crippen molar-refractivity contribution in [3.05, 3.63) is 48.2 Å². The van der Waals surface area contributed by atoms with E-state index < -0.39 is 0 Å². The van der Waals surface area contributed by atoms with Crippen LogP contribution in [0.3, 0.4) is 0 Å². The van der Waals surface area contributed by atoms with E-state index in [9.17, 15) is 4.79 Å². The van der Waals surface area contributed by atoms with Crippen LogP contribution < -0.4 is 9.47 Å². The summed E-state index contributed by atoms with van der Waals surface area (Å²) in [5, 5.41) is 0.855. The summed E-state index contributed by atoms with van der Waals surface area (Å²) >= 11 is 1.45. The minimum absolute atomic E-state index is 0.0861. The zero-order valence-corrected chi connectivity index (χ0v) is 15.0. The van der Waals surface area contributed by atoms with E-state index in [4.69, 9.17) is 9.47 Å². The molecule has 0 aliphatic heterocycles. The number of rotatable bonds is 8. The maximum atomic E-state index is 12.5. The van der Waals surface area contributed by atoms with Gasteiger partial charge in [0.05, 0.1) is 25.0 Å². The quantitative estimate of drug-likeness (QED) is 0.687. The molecule has 1 aromatic carbocycles. The van der Waals surface area contributed by atoms with Crippen molar-refractivity contribution in [2.45, 2.75) is 18.5 Å². The number of carbonyl (C=O) groups is 1. The molecule has 1 aromatic heterocycles. The van der Waals surface area contributed by atoms with Crippen LogP contribution in [0.1, 0.15) is 12.5 Å². The summed E-state index contributed by atoms with van der Waals surface area (Å²) in [5.74, 6) is 1.81. The van der Waals surface area contributed by atoms with E-state index in [1.165, 1.54) is 11.8 Å². The molecule has 0 radical (unpaired) electrons. The lowest BCUT2D eigenvalue weighted by molar-refractivity contribution is -0.128.